The molecule has 0 spiro atoms. The zero-order valence-electron chi connectivity index (χ0n) is 15.9. The number of rotatable bonds is 5. The largest absolute Gasteiger partial charge is 0.497 e. The molecule has 1 aliphatic heterocycles. The molecule has 3 aromatic rings. The number of imide groups is 1. The molecule has 1 heterocycles. The number of nitrogens with one attached hydrogen (secondary N) is 1. The van der Waals surface area contributed by atoms with E-state index in [1.54, 1.807) is 24.3 Å². The standard InChI is InChI=1S/C23H16F2N2O3/c1-30-19-4-2-3-17(13-19)26-21-20(14-5-7-15(24)8-6-14)22(28)27(23(21)29)18-11-9-16(25)10-12-18/h2-13,26H,1H3. The van der Waals surface area contributed by atoms with Gasteiger partial charge in [0.05, 0.1) is 18.4 Å². The number of methoxy groups -OCH3 is 1. The quantitative estimate of drug-likeness (QED) is 0.640. The molecule has 0 saturated heterocycles. The molecular weight excluding hydrogens is 390 g/mol. The lowest BCUT2D eigenvalue weighted by molar-refractivity contribution is -0.120. The number of carbonyl (C=O) groups is 2. The maximum Gasteiger partial charge on any atom is 0.282 e. The van der Waals surface area contributed by atoms with E-state index in [-0.39, 0.29) is 17.0 Å². The summed E-state index contributed by atoms with van der Waals surface area (Å²) in [5.74, 6) is -1.58. The Hall–Kier alpha value is -4.00. The van der Waals surface area contributed by atoms with Crippen LogP contribution in [0.5, 0.6) is 5.75 Å². The van der Waals surface area contributed by atoms with Crippen molar-refractivity contribution < 1.29 is 23.1 Å². The van der Waals surface area contributed by atoms with Gasteiger partial charge in [-0.25, -0.2) is 13.7 Å². The minimum atomic E-state index is -0.603. The van der Waals surface area contributed by atoms with Gasteiger partial charge in [0.1, 0.15) is 23.1 Å². The lowest BCUT2D eigenvalue weighted by Gasteiger charge is -2.15. The number of amides is 2. The summed E-state index contributed by atoms with van der Waals surface area (Å²) in [5, 5.41) is 2.99. The van der Waals surface area contributed by atoms with Crippen LogP contribution >= 0.6 is 0 Å². The molecule has 0 unspecified atom stereocenters. The second-order valence-electron chi connectivity index (χ2n) is 6.54. The third-order valence-electron chi connectivity index (χ3n) is 4.64. The fraction of sp³-hybridized carbons (Fsp3) is 0.0435. The molecule has 2 amide bonds. The van der Waals surface area contributed by atoms with Crippen molar-refractivity contribution in [3.8, 4) is 5.75 Å². The van der Waals surface area contributed by atoms with Crippen LogP contribution in [0.15, 0.2) is 78.5 Å². The van der Waals surface area contributed by atoms with Gasteiger partial charge in [-0.3, -0.25) is 9.59 Å². The SMILES string of the molecule is COc1cccc(NC2=C(c3ccc(F)cc3)C(=O)N(c3ccc(F)cc3)C2=O)c1. The van der Waals surface area contributed by atoms with E-state index in [2.05, 4.69) is 5.32 Å². The first-order valence-electron chi connectivity index (χ1n) is 9.03. The molecule has 0 fully saturated rings. The van der Waals surface area contributed by atoms with E-state index in [0.717, 1.165) is 4.90 Å². The molecule has 1 N–H and O–H groups in total. The first-order valence-corrected chi connectivity index (χ1v) is 9.03. The van der Waals surface area contributed by atoms with Crippen molar-refractivity contribution in [2.45, 2.75) is 0 Å². The van der Waals surface area contributed by atoms with Crippen LogP contribution in [-0.4, -0.2) is 18.9 Å². The van der Waals surface area contributed by atoms with Crippen molar-refractivity contribution in [1.82, 2.24) is 0 Å². The maximum atomic E-state index is 13.4. The monoisotopic (exact) mass is 406 g/mol. The molecule has 0 aromatic heterocycles. The Bertz CT molecular complexity index is 1160. The minimum absolute atomic E-state index is 0.0317. The molecule has 30 heavy (non-hydrogen) atoms. The summed E-state index contributed by atoms with van der Waals surface area (Å²) >= 11 is 0. The van der Waals surface area contributed by atoms with Crippen molar-refractivity contribution in [1.29, 1.82) is 0 Å². The van der Waals surface area contributed by atoms with E-state index < -0.39 is 23.4 Å². The average Bonchev–Trinajstić information content (AvgIpc) is 2.99. The van der Waals surface area contributed by atoms with Crippen LogP contribution in [0, 0.1) is 11.6 Å². The second-order valence-corrected chi connectivity index (χ2v) is 6.54. The smallest absolute Gasteiger partial charge is 0.282 e. The normalized spacial score (nSPS) is 13.8. The van der Waals surface area contributed by atoms with Gasteiger partial charge in [0, 0.05) is 11.8 Å². The van der Waals surface area contributed by atoms with E-state index in [0.29, 0.717) is 17.0 Å². The Morgan fingerprint density at radius 2 is 1.47 bits per heavy atom. The zero-order chi connectivity index (χ0) is 21.3. The van der Waals surface area contributed by atoms with Crippen LogP contribution < -0.4 is 15.0 Å². The number of ether oxygens (including phenoxy) is 1. The third-order valence-corrected chi connectivity index (χ3v) is 4.64. The zero-order valence-corrected chi connectivity index (χ0v) is 15.9. The summed E-state index contributed by atoms with van der Waals surface area (Å²) in [6.07, 6.45) is 0. The molecule has 150 valence electrons. The molecule has 0 radical (unpaired) electrons. The van der Waals surface area contributed by atoms with Gasteiger partial charge in [-0.05, 0) is 54.1 Å². The molecule has 0 bridgehead atoms. The van der Waals surface area contributed by atoms with Gasteiger partial charge < -0.3 is 10.1 Å². The Morgan fingerprint density at radius 3 is 2.10 bits per heavy atom. The van der Waals surface area contributed by atoms with Crippen molar-refractivity contribution in [3.05, 3.63) is 95.7 Å². The summed E-state index contributed by atoms with van der Waals surface area (Å²) < 4.78 is 31.9. The van der Waals surface area contributed by atoms with Gasteiger partial charge in [0.25, 0.3) is 11.8 Å². The molecular formula is C23H16F2N2O3. The van der Waals surface area contributed by atoms with Gasteiger partial charge in [0.15, 0.2) is 0 Å². The Labute approximate surface area is 171 Å². The summed E-state index contributed by atoms with van der Waals surface area (Å²) in [6.45, 7) is 0. The van der Waals surface area contributed by atoms with Gasteiger partial charge in [-0.2, -0.15) is 0 Å². The lowest BCUT2D eigenvalue weighted by atomic mass is 10.0. The summed E-state index contributed by atoms with van der Waals surface area (Å²) in [5.41, 5.74) is 1.26. The minimum Gasteiger partial charge on any atom is -0.497 e. The Balaban J connectivity index is 1.81. The van der Waals surface area contributed by atoms with Gasteiger partial charge in [-0.15, -0.1) is 0 Å². The van der Waals surface area contributed by atoms with Crippen LogP contribution in [0.2, 0.25) is 0 Å². The maximum absolute atomic E-state index is 13.4. The van der Waals surface area contributed by atoms with Gasteiger partial charge >= 0.3 is 0 Å². The topological polar surface area (TPSA) is 58.6 Å². The second kappa shape index (κ2) is 7.79. The first-order chi connectivity index (χ1) is 14.5. The van der Waals surface area contributed by atoms with Crippen LogP contribution in [0.3, 0.4) is 0 Å². The van der Waals surface area contributed by atoms with Crippen LogP contribution in [0.25, 0.3) is 5.57 Å². The van der Waals surface area contributed by atoms with Crippen molar-refractivity contribution in [3.63, 3.8) is 0 Å². The van der Waals surface area contributed by atoms with Gasteiger partial charge in [-0.1, -0.05) is 18.2 Å². The predicted molar refractivity (Wildman–Crippen MR) is 109 cm³/mol. The molecule has 0 aliphatic carbocycles. The van der Waals surface area contributed by atoms with E-state index in [1.807, 2.05) is 0 Å². The Morgan fingerprint density at radius 1 is 0.833 bits per heavy atom. The number of halogens is 2. The molecule has 4 rings (SSSR count). The van der Waals surface area contributed by atoms with Crippen LogP contribution in [0.1, 0.15) is 5.56 Å². The van der Waals surface area contributed by atoms with Crippen LogP contribution in [-0.2, 0) is 9.59 Å². The molecule has 3 aromatic carbocycles. The predicted octanol–water partition coefficient (Wildman–Crippen LogP) is 4.37. The molecule has 0 atom stereocenters. The van der Waals surface area contributed by atoms with Gasteiger partial charge in [0.2, 0.25) is 0 Å². The fourth-order valence-corrected chi connectivity index (χ4v) is 3.20. The molecule has 0 saturated carbocycles. The number of carbonyl (C=O) groups excluding carboxylic acids is 2. The lowest BCUT2D eigenvalue weighted by Crippen LogP contribution is -2.32. The average molecular weight is 406 g/mol. The number of benzene rings is 3. The highest BCUT2D eigenvalue weighted by Gasteiger charge is 2.40. The number of hydrogen-bond donors (Lipinski definition) is 1. The van der Waals surface area contributed by atoms with Crippen LogP contribution in [0.4, 0.5) is 20.2 Å². The number of anilines is 2. The van der Waals surface area contributed by atoms with E-state index >= 15 is 0 Å². The van der Waals surface area contributed by atoms with E-state index in [1.165, 1.54) is 55.6 Å². The highest BCUT2D eigenvalue weighted by Crippen LogP contribution is 2.34. The van der Waals surface area contributed by atoms with Crippen molar-refractivity contribution in [2.24, 2.45) is 0 Å². The first kappa shape index (κ1) is 19.3. The highest BCUT2D eigenvalue weighted by molar-refractivity contribution is 6.46. The molecule has 7 heteroatoms. The Kier molecular flexibility index (Phi) is 5.02. The van der Waals surface area contributed by atoms with Crippen molar-refractivity contribution >= 4 is 28.8 Å². The van der Waals surface area contributed by atoms with Crippen molar-refractivity contribution in [2.75, 3.05) is 17.3 Å². The number of hydrogen-bond acceptors (Lipinski definition) is 4. The summed E-state index contributed by atoms with van der Waals surface area (Å²) in [4.78, 5) is 27.4. The number of nitrogens with zero attached hydrogens (tertiary/aromatic N) is 1. The third kappa shape index (κ3) is 3.53. The summed E-state index contributed by atoms with van der Waals surface area (Å²) in [6, 6.07) is 17.2. The fourth-order valence-electron chi connectivity index (χ4n) is 3.20. The van der Waals surface area contributed by atoms with E-state index in [4.69, 9.17) is 4.74 Å². The highest BCUT2D eigenvalue weighted by atomic mass is 19.1. The van der Waals surface area contributed by atoms with E-state index in [9.17, 15) is 18.4 Å². The molecule has 1 aliphatic rings. The summed E-state index contributed by atoms with van der Waals surface area (Å²) in [7, 11) is 1.52. The molecule has 5 nitrogen and oxygen atoms in total.